The summed E-state index contributed by atoms with van der Waals surface area (Å²) in [7, 11) is 1.67. The van der Waals surface area contributed by atoms with Crippen LogP contribution in [0.4, 0.5) is 0 Å². The van der Waals surface area contributed by atoms with Gasteiger partial charge in [0.2, 0.25) is 17.7 Å². The Morgan fingerprint density at radius 1 is 1.10 bits per heavy atom. The van der Waals surface area contributed by atoms with Crippen LogP contribution in [0.2, 0.25) is 0 Å². The number of primary amides is 1. The first-order chi connectivity index (χ1) is 13.5. The summed E-state index contributed by atoms with van der Waals surface area (Å²) in [4.78, 5) is 36.8. The van der Waals surface area contributed by atoms with Crippen LogP contribution in [0.1, 0.15) is 47.0 Å². The van der Waals surface area contributed by atoms with E-state index in [1.165, 1.54) is 6.08 Å². The lowest BCUT2D eigenvalue weighted by Crippen LogP contribution is -2.55. The van der Waals surface area contributed by atoms with E-state index in [0.717, 1.165) is 0 Å². The van der Waals surface area contributed by atoms with Crippen LogP contribution in [0, 0.1) is 11.8 Å². The lowest BCUT2D eigenvalue weighted by Gasteiger charge is -2.32. The van der Waals surface area contributed by atoms with Crippen molar-refractivity contribution in [3.8, 4) is 0 Å². The molecule has 7 N–H and O–H groups in total. The summed E-state index contributed by atoms with van der Waals surface area (Å²) in [6.07, 6.45) is -0.136. The molecule has 5 unspecified atom stereocenters. The minimum absolute atomic E-state index is 0.0893. The molecule has 1 rings (SSSR count). The fraction of sp³-hybridized carbons (Fsp3) is 0.750. The summed E-state index contributed by atoms with van der Waals surface area (Å²) in [5, 5.41) is 28.7. The fourth-order valence-electron chi connectivity index (χ4n) is 3.33. The van der Waals surface area contributed by atoms with Crippen LogP contribution in [0.25, 0.3) is 0 Å². The Hall–Kier alpha value is -1.97. The van der Waals surface area contributed by atoms with Crippen LogP contribution in [-0.2, 0) is 14.4 Å². The SMILES string of the molecule is CNC(CC(C)C)C(=O)NC1C=C(C(=O)NC(CC(C)C)C(N)=O)CC(O)C1O. The summed E-state index contributed by atoms with van der Waals surface area (Å²) in [6, 6.07) is -2.22. The summed E-state index contributed by atoms with van der Waals surface area (Å²) in [5.74, 6) is -1.09. The van der Waals surface area contributed by atoms with Gasteiger partial charge in [0, 0.05) is 12.0 Å². The van der Waals surface area contributed by atoms with Gasteiger partial charge >= 0.3 is 0 Å². The van der Waals surface area contributed by atoms with Crippen LogP contribution in [0.15, 0.2) is 11.6 Å². The Labute approximate surface area is 172 Å². The first-order valence-corrected chi connectivity index (χ1v) is 10.1. The molecular formula is C20H36N4O5. The molecule has 0 aromatic heterocycles. The monoisotopic (exact) mass is 412 g/mol. The highest BCUT2D eigenvalue weighted by atomic mass is 16.3. The molecule has 0 saturated carbocycles. The smallest absolute Gasteiger partial charge is 0.247 e. The predicted octanol–water partition coefficient (Wildman–Crippen LogP) is -0.827. The molecule has 166 valence electrons. The molecule has 1 aliphatic rings. The number of amides is 3. The lowest BCUT2D eigenvalue weighted by atomic mass is 9.89. The molecule has 0 bridgehead atoms. The molecule has 0 aromatic rings. The van der Waals surface area contributed by atoms with Crippen molar-refractivity contribution in [3.05, 3.63) is 11.6 Å². The average molecular weight is 413 g/mol. The largest absolute Gasteiger partial charge is 0.390 e. The van der Waals surface area contributed by atoms with Crippen molar-refractivity contribution in [2.75, 3.05) is 7.05 Å². The van der Waals surface area contributed by atoms with Gasteiger partial charge in [-0.25, -0.2) is 0 Å². The van der Waals surface area contributed by atoms with E-state index in [1.54, 1.807) is 7.05 Å². The number of aliphatic hydroxyl groups excluding tert-OH is 2. The highest BCUT2D eigenvalue weighted by Crippen LogP contribution is 2.21. The molecule has 3 amide bonds. The third-order valence-corrected chi connectivity index (χ3v) is 4.90. The highest BCUT2D eigenvalue weighted by Gasteiger charge is 2.35. The second-order valence-corrected chi connectivity index (χ2v) is 8.52. The van der Waals surface area contributed by atoms with E-state index in [4.69, 9.17) is 5.73 Å². The number of nitrogens with one attached hydrogen (secondary N) is 3. The number of hydrogen-bond donors (Lipinski definition) is 6. The standard InChI is InChI=1S/C20H36N4O5/c1-10(2)6-14(18(21)27)24-19(28)12-8-13(17(26)16(25)9-12)23-20(29)15(22-5)7-11(3)4/h8,10-11,13-17,22,25-26H,6-7,9H2,1-5H3,(H2,21,27)(H,23,29)(H,24,28). The number of nitrogens with two attached hydrogens (primary N) is 1. The molecule has 0 heterocycles. The molecule has 0 saturated heterocycles. The number of hydrogen-bond acceptors (Lipinski definition) is 6. The van der Waals surface area contributed by atoms with Crippen molar-refractivity contribution in [1.29, 1.82) is 0 Å². The van der Waals surface area contributed by atoms with Crippen molar-refractivity contribution in [1.82, 2.24) is 16.0 Å². The molecular weight excluding hydrogens is 376 g/mol. The molecule has 0 aromatic carbocycles. The van der Waals surface area contributed by atoms with Gasteiger partial charge in [-0.15, -0.1) is 0 Å². The van der Waals surface area contributed by atoms with Crippen molar-refractivity contribution in [2.24, 2.45) is 17.6 Å². The summed E-state index contributed by atoms with van der Waals surface area (Å²) >= 11 is 0. The molecule has 0 fully saturated rings. The van der Waals surface area contributed by atoms with E-state index in [1.807, 2.05) is 27.7 Å². The van der Waals surface area contributed by atoms with Crippen molar-refractivity contribution in [3.63, 3.8) is 0 Å². The maximum absolute atomic E-state index is 12.6. The maximum Gasteiger partial charge on any atom is 0.247 e. The Morgan fingerprint density at radius 3 is 2.14 bits per heavy atom. The summed E-state index contributed by atoms with van der Waals surface area (Å²) in [6.45, 7) is 7.79. The molecule has 9 nitrogen and oxygen atoms in total. The normalized spacial score (nSPS) is 24.0. The van der Waals surface area contributed by atoms with Gasteiger partial charge < -0.3 is 31.9 Å². The van der Waals surface area contributed by atoms with Crippen LogP contribution in [0.5, 0.6) is 0 Å². The Kier molecular flexibility index (Phi) is 9.75. The molecule has 29 heavy (non-hydrogen) atoms. The lowest BCUT2D eigenvalue weighted by molar-refractivity contribution is -0.127. The van der Waals surface area contributed by atoms with Gasteiger partial charge in [0.1, 0.15) is 12.1 Å². The van der Waals surface area contributed by atoms with E-state index < -0.39 is 42.1 Å². The average Bonchev–Trinajstić information content (AvgIpc) is 2.61. The Bertz CT molecular complexity index is 620. The van der Waals surface area contributed by atoms with Gasteiger partial charge in [-0.05, 0) is 31.7 Å². The zero-order valence-corrected chi connectivity index (χ0v) is 17.9. The quantitative estimate of drug-likeness (QED) is 0.275. The molecule has 0 radical (unpaired) electrons. The maximum atomic E-state index is 12.6. The van der Waals surface area contributed by atoms with E-state index in [9.17, 15) is 24.6 Å². The van der Waals surface area contributed by atoms with Gasteiger partial charge in [-0.1, -0.05) is 33.8 Å². The van der Waals surface area contributed by atoms with E-state index in [0.29, 0.717) is 12.8 Å². The number of aliphatic hydroxyl groups is 2. The number of carbonyl (C=O) groups excluding carboxylic acids is 3. The van der Waals surface area contributed by atoms with Crippen molar-refractivity contribution >= 4 is 17.7 Å². The molecule has 0 spiro atoms. The third kappa shape index (κ3) is 7.75. The van der Waals surface area contributed by atoms with Gasteiger partial charge in [-0.3, -0.25) is 14.4 Å². The predicted molar refractivity (Wildman–Crippen MR) is 110 cm³/mol. The van der Waals surface area contributed by atoms with Crippen molar-refractivity contribution in [2.45, 2.75) is 77.3 Å². The zero-order valence-electron chi connectivity index (χ0n) is 17.9. The Balaban J connectivity index is 2.94. The third-order valence-electron chi connectivity index (χ3n) is 4.90. The number of carbonyl (C=O) groups is 3. The Morgan fingerprint density at radius 2 is 1.66 bits per heavy atom. The number of rotatable bonds is 10. The first-order valence-electron chi connectivity index (χ1n) is 10.1. The molecule has 5 atom stereocenters. The minimum atomic E-state index is -1.24. The second kappa shape index (κ2) is 11.3. The molecule has 0 aliphatic heterocycles. The first kappa shape index (κ1) is 25.1. The van der Waals surface area contributed by atoms with Gasteiger partial charge in [0.05, 0.1) is 18.2 Å². The van der Waals surface area contributed by atoms with Gasteiger partial charge in [0.25, 0.3) is 0 Å². The fourth-order valence-corrected chi connectivity index (χ4v) is 3.33. The summed E-state index contributed by atoms with van der Waals surface area (Å²) in [5.41, 5.74) is 5.56. The van der Waals surface area contributed by atoms with Crippen LogP contribution in [0.3, 0.4) is 0 Å². The van der Waals surface area contributed by atoms with E-state index in [-0.39, 0.29) is 29.7 Å². The van der Waals surface area contributed by atoms with Crippen molar-refractivity contribution < 1.29 is 24.6 Å². The minimum Gasteiger partial charge on any atom is -0.390 e. The topological polar surface area (TPSA) is 154 Å². The van der Waals surface area contributed by atoms with E-state index >= 15 is 0 Å². The van der Waals surface area contributed by atoms with Crippen LogP contribution in [-0.4, -0.2) is 65.3 Å². The van der Waals surface area contributed by atoms with Crippen LogP contribution >= 0.6 is 0 Å². The second-order valence-electron chi connectivity index (χ2n) is 8.52. The van der Waals surface area contributed by atoms with Gasteiger partial charge in [0.15, 0.2) is 0 Å². The molecule has 9 heteroatoms. The molecule has 1 aliphatic carbocycles. The van der Waals surface area contributed by atoms with Gasteiger partial charge in [-0.2, -0.15) is 0 Å². The summed E-state index contributed by atoms with van der Waals surface area (Å²) < 4.78 is 0. The van der Waals surface area contributed by atoms with Crippen LogP contribution < -0.4 is 21.7 Å². The zero-order chi connectivity index (χ0) is 22.3. The number of likely N-dealkylation sites (N-methyl/N-ethyl adjacent to an activating group) is 1. The van der Waals surface area contributed by atoms with E-state index in [2.05, 4.69) is 16.0 Å². The highest BCUT2D eigenvalue weighted by molar-refractivity contribution is 5.97.